The first-order valence-electron chi connectivity index (χ1n) is 6.74. The van der Waals surface area contributed by atoms with E-state index in [1.54, 1.807) is 10.9 Å². The van der Waals surface area contributed by atoms with Gasteiger partial charge in [0.15, 0.2) is 5.75 Å². The molecule has 1 N–H and O–H groups in total. The van der Waals surface area contributed by atoms with Gasteiger partial charge in [0.05, 0.1) is 12.4 Å². The van der Waals surface area contributed by atoms with Gasteiger partial charge in [-0.05, 0) is 19.9 Å². The molecule has 1 fully saturated rings. The monoisotopic (exact) mass is 253 g/mol. The fourth-order valence-electron chi connectivity index (χ4n) is 2.28. The quantitative estimate of drug-likeness (QED) is 0.797. The summed E-state index contributed by atoms with van der Waals surface area (Å²) < 4.78 is 13.4. The molecule has 0 spiro atoms. The first-order valence-corrected chi connectivity index (χ1v) is 6.74. The molecule has 0 aliphatic heterocycles. The van der Waals surface area contributed by atoms with Crippen LogP contribution in [0.25, 0.3) is 0 Å². The summed E-state index contributed by atoms with van der Waals surface area (Å²) in [6, 6.07) is 0.423. The molecule has 2 rings (SSSR count). The average Bonchev–Trinajstić information content (AvgIpc) is 2.75. The Morgan fingerprint density at radius 1 is 1.50 bits per heavy atom. The molecule has 0 radical (unpaired) electrons. The number of hydrogen-bond donors (Lipinski definition) is 1. The third-order valence-corrected chi connectivity index (χ3v) is 3.23. The van der Waals surface area contributed by atoms with E-state index in [0.29, 0.717) is 6.04 Å². The van der Waals surface area contributed by atoms with Crippen LogP contribution in [0, 0.1) is 0 Å². The van der Waals surface area contributed by atoms with Gasteiger partial charge in [0.1, 0.15) is 12.2 Å². The van der Waals surface area contributed by atoms with Crippen LogP contribution in [0.2, 0.25) is 0 Å². The minimum absolute atomic E-state index is 0.142. The highest BCUT2D eigenvalue weighted by Crippen LogP contribution is 2.29. The van der Waals surface area contributed by atoms with Crippen molar-refractivity contribution < 1.29 is 9.47 Å². The van der Waals surface area contributed by atoms with Crippen molar-refractivity contribution in [2.75, 3.05) is 13.2 Å². The summed E-state index contributed by atoms with van der Waals surface area (Å²) >= 11 is 0. The van der Waals surface area contributed by atoms with Crippen LogP contribution in [0.4, 0.5) is 0 Å². The van der Waals surface area contributed by atoms with Gasteiger partial charge in [-0.3, -0.25) is 4.68 Å². The largest absolute Gasteiger partial charge is 0.484 e. The van der Waals surface area contributed by atoms with Crippen molar-refractivity contribution in [1.29, 1.82) is 0 Å². The Bertz CT molecular complexity index is 367. The van der Waals surface area contributed by atoms with Gasteiger partial charge in [-0.2, -0.15) is 5.10 Å². The highest BCUT2D eigenvalue weighted by Gasteiger charge is 2.43. The van der Waals surface area contributed by atoms with Gasteiger partial charge in [0, 0.05) is 26.1 Å². The van der Waals surface area contributed by atoms with E-state index in [1.807, 2.05) is 20.2 Å². The molecule has 5 nitrogen and oxygen atoms in total. The zero-order valence-electron chi connectivity index (χ0n) is 11.4. The van der Waals surface area contributed by atoms with Crippen LogP contribution < -0.4 is 10.1 Å². The summed E-state index contributed by atoms with van der Waals surface area (Å²) in [5.41, 5.74) is 0. The van der Waals surface area contributed by atoms with Gasteiger partial charge in [-0.1, -0.05) is 6.92 Å². The van der Waals surface area contributed by atoms with Crippen molar-refractivity contribution in [2.45, 2.75) is 44.9 Å². The molecule has 0 aromatic carbocycles. The van der Waals surface area contributed by atoms with Crippen LogP contribution in [-0.4, -0.2) is 41.2 Å². The van der Waals surface area contributed by atoms with Gasteiger partial charge in [0.25, 0.3) is 0 Å². The third kappa shape index (κ3) is 3.03. The maximum Gasteiger partial charge on any atom is 0.157 e. The van der Waals surface area contributed by atoms with Crippen LogP contribution >= 0.6 is 0 Å². The summed E-state index contributed by atoms with van der Waals surface area (Å²) in [7, 11) is 1.89. The number of aromatic nitrogens is 2. The molecule has 3 atom stereocenters. The molecule has 102 valence electrons. The van der Waals surface area contributed by atoms with Gasteiger partial charge in [0.2, 0.25) is 0 Å². The van der Waals surface area contributed by atoms with E-state index in [9.17, 15) is 0 Å². The van der Waals surface area contributed by atoms with Gasteiger partial charge in [-0.15, -0.1) is 0 Å². The Balaban J connectivity index is 1.85. The zero-order valence-corrected chi connectivity index (χ0v) is 11.4. The summed E-state index contributed by atoms with van der Waals surface area (Å²) in [5, 5.41) is 7.60. The highest BCUT2D eigenvalue weighted by atomic mass is 16.5. The summed E-state index contributed by atoms with van der Waals surface area (Å²) in [4.78, 5) is 0. The summed E-state index contributed by atoms with van der Waals surface area (Å²) in [6.45, 7) is 5.96. The fraction of sp³-hybridized carbons (Fsp3) is 0.769. The van der Waals surface area contributed by atoms with Crippen LogP contribution in [0.5, 0.6) is 5.75 Å². The maximum atomic E-state index is 5.90. The Kier molecular flexibility index (Phi) is 4.60. The van der Waals surface area contributed by atoms with Crippen LogP contribution in [0.3, 0.4) is 0 Å². The lowest BCUT2D eigenvalue weighted by Crippen LogP contribution is -2.61. The van der Waals surface area contributed by atoms with E-state index in [1.165, 1.54) is 0 Å². The second-order valence-electron chi connectivity index (χ2n) is 4.72. The van der Waals surface area contributed by atoms with Gasteiger partial charge in [-0.25, -0.2) is 0 Å². The predicted molar refractivity (Wildman–Crippen MR) is 69.7 cm³/mol. The predicted octanol–water partition coefficient (Wildman–Crippen LogP) is 1.34. The molecule has 1 aliphatic carbocycles. The standard InChI is InChI=1S/C13H23N3O2/c1-4-6-14-11-7-12(13(11)17-5-2)18-10-8-15-16(3)9-10/h8-9,11-14H,4-7H2,1-3H3. The minimum atomic E-state index is 0.142. The topological polar surface area (TPSA) is 48.3 Å². The molecule has 1 aromatic rings. The average molecular weight is 253 g/mol. The van der Waals surface area contributed by atoms with E-state index >= 15 is 0 Å². The molecule has 5 heteroatoms. The first-order chi connectivity index (χ1) is 8.74. The summed E-state index contributed by atoms with van der Waals surface area (Å²) in [6.07, 6.45) is 6.07. The molecule has 0 bridgehead atoms. The summed E-state index contributed by atoms with van der Waals surface area (Å²) in [5.74, 6) is 0.821. The van der Waals surface area contributed by atoms with Crippen molar-refractivity contribution in [3.8, 4) is 5.75 Å². The molecule has 3 unspecified atom stereocenters. The van der Waals surface area contributed by atoms with Crippen molar-refractivity contribution in [1.82, 2.24) is 15.1 Å². The lowest BCUT2D eigenvalue weighted by atomic mass is 9.85. The Labute approximate surface area is 108 Å². The first kappa shape index (κ1) is 13.4. The smallest absolute Gasteiger partial charge is 0.157 e. The normalized spacial score (nSPS) is 26.9. The lowest BCUT2D eigenvalue weighted by molar-refractivity contribution is -0.104. The Morgan fingerprint density at radius 2 is 2.33 bits per heavy atom. The van der Waals surface area contributed by atoms with Crippen molar-refractivity contribution in [3.05, 3.63) is 12.4 Å². The molecule has 1 aromatic heterocycles. The number of rotatable bonds is 7. The minimum Gasteiger partial charge on any atom is -0.484 e. The fourth-order valence-corrected chi connectivity index (χ4v) is 2.28. The van der Waals surface area contributed by atoms with Crippen molar-refractivity contribution in [3.63, 3.8) is 0 Å². The van der Waals surface area contributed by atoms with E-state index < -0.39 is 0 Å². The molecule has 1 saturated carbocycles. The number of ether oxygens (including phenoxy) is 2. The molecular formula is C13H23N3O2. The van der Waals surface area contributed by atoms with Crippen LogP contribution in [-0.2, 0) is 11.8 Å². The Hall–Kier alpha value is -1.07. The van der Waals surface area contributed by atoms with Crippen molar-refractivity contribution >= 4 is 0 Å². The molecular weight excluding hydrogens is 230 g/mol. The van der Waals surface area contributed by atoms with E-state index in [0.717, 1.165) is 31.7 Å². The maximum absolute atomic E-state index is 5.90. The molecule has 1 aliphatic rings. The van der Waals surface area contributed by atoms with Crippen LogP contribution in [0.15, 0.2) is 12.4 Å². The molecule has 1 heterocycles. The van der Waals surface area contributed by atoms with E-state index in [-0.39, 0.29) is 12.2 Å². The molecule has 18 heavy (non-hydrogen) atoms. The van der Waals surface area contributed by atoms with Gasteiger partial charge < -0.3 is 14.8 Å². The van der Waals surface area contributed by atoms with Crippen LogP contribution in [0.1, 0.15) is 26.7 Å². The van der Waals surface area contributed by atoms with E-state index in [4.69, 9.17) is 9.47 Å². The Morgan fingerprint density at radius 3 is 2.94 bits per heavy atom. The number of nitrogens with zero attached hydrogens (tertiary/aromatic N) is 2. The second kappa shape index (κ2) is 6.20. The second-order valence-corrected chi connectivity index (χ2v) is 4.72. The highest BCUT2D eigenvalue weighted by molar-refractivity contribution is 5.14. The van der Waals surface area contributed by atoms with E-state index in [2.05, 4.69) is 17.3 Å². The number of nitrogens with one attached hydrogen (secondary N) is 1. The number of aryl methyl sites for hydroxylation is 1. The number of hydrogen-bond acceptors (Lipinski definition) is 4. The molecule has 0 amide bonds. The third-order valence-electron chi connectivity index (χ3n) is 3.23. The molecule has 0 saturated heterocycles. The SMILES string of the molecule is CCCNC1CC(Oc2cnn(C)c2)C1OCC. The van der Waals surface area contributed by atoms with Gasteiger partial charge >= 0.3 is 0 Å². The van der Waals surface area contributed by atoms with Crippen molar-refractivity contribution in [2.24, 2.45) is 7.05 Å². The zero-order chi connectivity index (χ0) is 13.0. The lowest BCUT2D eigenvalue weighted by Gasteiger charge is -2.43.